The molecule has 5 heteroatoms. The van der Waals surface area contributed by atoms with Crippen LogP contribution in [0.4, 0.5) is 0 Å². The first-order chi connectivity index (χ1) is 9.61. The maximum Gasteiger partial charge on any atom is 0.0738 e. The summed E-state index contributed by atoms with van der Waals surface area (Å²) in [6.07, 6.45) is 5.44. The molecule has 0 saturated carbocycles. The van der Waals surface area contributed by atoms with Crippen LogP contribution in [0.3, 0.4) is 0 Å². The largest absolute Gasteiger partial charge is 0.393 e. The molecule has 2 aromatic rings. The molecule has 1 N–H and O–H groups in total. The Hall–Kier alpha value is -1.20. The molecule has 4 nitrogen and oxygen atoms in total. The van der Waals surface area contributed by atoms with Crippen LogP contribution >= 0.6 is 15.9 Å². The topological polar surface area (TPSA) is 50.9 Å². The number of aromatic nitrogens is 3. The molecule has 0 fully saturated rings. The van der Waals surface area contributed by atoms with Crippen molar-refractivity contribution in [1.29, 1.82) is 0 Å². The van der Waals surface area contributed by atoms with E-state index in [1.807, 2.05) is 23.7 Å². The smallest absolute Gasteiger partial charge is 0.0738 e. The second kappa shape index (κ2) is 6.99. The van der Waals surface area contributed by atoms with Crippen LogP contribution in [-0.2, 0) is 19.4 Å². The van der Waals surface area contributed by atoms with Crippen LogP contribution in [0.1, 0.15) is 30.3 Å². The van der Waals surface area contributed by atoms with E-state index >= 15 is 0 Å². The maximum atomic E-state index is 10.2. The number of nitrogens with zero attached hydrogens (tertiary/aromatic N) is 3. The third kappa shape index (κ3) is 3.67. The van der Waals surface area contributed by atoms with Gasteiger partial charge in [0.2, 0.25) is 0 Å². The second-order valence-corrected chi connectivity index (χ2v) is 5.71. The number of hydrogen-bond donors (Lipinski definition) is 1. The molecule has 0 aliphatic rings. The van der Waals surface area contributed by atoms with Crippen LogP contribution in [0.15, 0.2) is 29.0 Å². The molecular weight excluding hydrogens is 318 g/mol. The Bertz CT molecular complexity index is 554. The number of rotatable bonds is 6. The van der Waals surface area contributed by atoms with Gasteiger partial charge in [-0.25, -0.2) is 0 Å². The quantitative estimate of drug-likeness (QED) is 0.881. The SMILES string of the molecule is CCn1nc(C)c(Br)c1CC(O)CCc1ccncc1. The van der Waals surface area contributed by atoms with E-state index in [4.69, 9.17) is 0 Å². The fourth-order valence-corrected chi connectivity index (χ4v) is 2.72. The number of pyridine rings is 1. The Morgan fingerprint density at radius 3 is 2.70 bits per heavy atom. The van der Waals surface area contributed by atoms with E-state index in [1.165, 1.54) is 5.56 Å². The Morgan fingerprint density at radius 2 is 2.05 bits per heavy atom. The predicted octanol–water partition coefficient (Wildman–Crippen LogP) is 2.91. The van der Waals surface area contributed by atoms with Crippen molar-refractivity contribution in [3.05, 3.63) is 46.0 Å². The molecule has 1 atom stereocenters. The molecule has 1 unspecified atom stereocenters. The molecule has 0 amide bonds. The summed E-state index contributed by atoms with van der Waals surface area (Å²) in [5, 5.41) is 14.7. The van der Waals surface area contributed by atoms with E-state index in [1.54, 1.807) is 12.4 Å². The highest BCUT2D eigenvalue weighted by Crippen LogP contribution is 2.23. The summed E-state index contributed by atoms with van der Waals surface area (Å²) in [6, 6.07) is 3.98. The molecule has 2 rings (SSSR count). The van der Waals surface area contributed by atoms with Gasteiger partial charge < -0.3 is 5.11 Å². The van der Waals surface area contributed by atoms with Crippen molar-refractivity contribution in [2.75, 3.05) is 0 Å². The lowest BCUT2D eigenvalue weighted by Gasteiger charge is -2.12. The van der Waals surface area contributed by atoms with Gasteiger partial charge in [-0.3, -0.25) is 9.67 Å². The van der Waals surface area contributed by atoms with Gasteiger partial charge in [-0.1, -0.05) is 0 Å². The van der Waals surface area contributed by atoms with Crippen molar-refractivity contribution >= 4 is 15.9 Å². The van der Waals surface area contributed by atoms with Crippen LogP contribution in [0.2, 0.25) is 0 Å². The molecule has 0 saturated heterocycles. The maximum absolute atomic E-state index is 10.2. The molecule has 2 aromatic heterocycles. The molecule has 0 aliphatic heterocycles. The minimum atomic E-state index is -0.360. The summed E-state index contributed by atoms with van der Waals surface area (Å²) >= 11 is 3.56. The summed E-state index contributed by atoms with van der Waals surface area (Å²) in [7, 11) is 0. The van der Waals surface area contributed by atoms with Crippen molar-refractivity contribution in [3.8, 4) is 0 Å². The molecule has 108 valence electrons. The molecule has 0 aromatic carbocycles. The minimum absolute atomic E-state index is 0.360. The van der Waals surface area contributed by atoms with Gasteiger partial charge in [0, 0.05) is 25.4 Å². The number of aliphatic hydroxyl groups is 1. The molecule has 0 spiro atoms. The summed E-state index contributed by atoms with van der Waals surface area (Å²) in [6.45, 7) is 4.85. The molecule has 0 radical (unpaired) electrons. The van der Waals surface area contributed by atoms with Gasteiger partial charge in [0.05, 0.1) is 22.0 Å². The first-order valence-corrected chi connectivity index (χ1v) is 7.69. The van der Waals surface area contributed by atoms with E-state index in [0.717, 1.165) is 35.2 Å². The van der Waals surface area contributed by atoms with Crippen LogP contribution in [0, 0.1) is 6.92 Å². The van der Waals surface area contributed by atoms with Gasteiger partial charge in [-0.15, -0.1) is 0 Å². The highest BCUT2D eigenvalue weighted by atomic mass is 79.9. The average molecular weight is 338 g/mol. The first kappa shape index (κ1) is 15.2. The minimum Gasteiger partial charge on any atom is -0.393 e. The number of halogens is 1. The monoisotopic (exact) mass is 337 g/mol. The standard InChI is InChI=1S/C15H20BrN3O/c1-3-19-14(15(16)11(2)18-19)10-13(20)5-4-12-6-8-17-9-7-12/h6-9,13,20H,3-5,10H2,1-2H3. The zero-order chi connectivity index (χ0) is 14.5. The Kier molecular flexibility index (Phi) is 5.31. The Morgan fingerprint density at radius 1 is 1.35 bits per heavy atom. The Labute approximate surface area is 128 Å². The van der Waals surface area contributed by atoms with E-state index in [2.05, 4.69) is 32.9 Å². The summed E-state index contributed by atoms with van der Waals surface area (Å²) in [5.41, 5.74) is 3.26. The normalized spacial score (nSPS) is 12.6. The van der Waals surface area contributed by atoms with Crippen LogP contribution < -0.4 is 0 Å². The van der Waals surface area contributed by atoms with Crippen molar-refractivity contribution in [3.63, 3.8) is 0 Å². The predicted molar refractivity (Wildman–Crippen MR) is 82.6 cm³/mol. The van der Waals surface area contributed by atoms with Crippen LogP contribution in [-0.4, -0.2) is 26.0 Å². The zero-order valence-corrected chi connectivity index (χ0v) is 13.5. The average Bonchev–Trinajstić information content (AvgIpc) is 2.74. The molecule has 0 bridgehead atoms. The van der Waals surface area contributed by atoms with Crippen molar-refractivity contribution < 1.29 is 5.11 Å². The highest BCUT2D eigenvalue weighted by Gasteiger charge is 2.16. The van der Waals surface area contributed by atoms with Gasteiger partial charge >= 0.3 is 0 Å². The van der Waals surface area contributed by atoms with Crippen molar-refractivity contribution in [2.24, 2.45) is 0 Å². The lowest BCUT2D eigenvalue weighted by atomic mass is 10.0. The molecular formula is C15H20BrN3O. The number of aliphatic hydroxyl groups excluding tert-OH is 1. The summed E-state index contributed by atoms with van der Waals surface area (Å²) in [4.78, 5) is 4.00. The second-order valence-electron chi connectivity index (χ2n) is 4.91. The summed E-state index contributed by atoms with van der Waals surface area (Å²) in [5.74, 6) is 0. The first-order valence-electron chi connectivity index (χ1n) is 6.90. The van der Waals surface area contributed by atoms with Gasteiger partial charge in [-0.05, 0) is 60.3 Å². The number of hydrogen-bond acceptors (Lipinski definition) is 3. The van der Waals surface area contributed by atoms with E-state index in [9.17, 15) is 5.11 Å². The zero-order valence-electron chi connectivity index (χ0n) is 11.9. The number of aryl methyl sites for hydroxylation is 3. The van der Waals surface area contributed by atoms with Crippen LogP contribution in [0.5, 0.6) is 0 Å². The lowest BCUT2D eigenvalue weighted by molar-refractivity contribution is 0.162. The summed E-state index contributed by atoms with van der Waals surface area (Å²) < 4.78 is 2.97. The van der Waals surface area contributed by atoms with Crippen LogP contribution in [0.25, 0.3) is 0 Å². The molecule has 20 heavy (non-hydrogen) atoms. The fourth-order valence-electron chi connectivity index (χ4n) is 2.27. The molecule has 2 heterocycles. The highest BCUT2D eigenvalue weighted by molar-refractivity contribution is 9.10. The fraction of sp³-hybridized carbons (Fsp3) is 0.467. The van der Waals surface area contributed by atoms with Gasteiger partial charge in [-0.2, -0.15) is 5.10 Å². The third-order valence-electron chi connectivity index (χ3n) is 3.40. The van der Waals surface area contributed by atoms with Crippen molar-refractivity contribution in [2.45, 2.75) is 45.8 Å². The molecule has 0 aliphatic carbocycles. The third-order valence-corrected chi connectivity index (χ3v) is 4.43. The van der Waals surface area contributed by atoms with Gasteiger partial charge in [0.25, 0.3) is 0 Å². The Balaban J connectivity index is 1.96. The van der Waals surface area contributed by atoms with E-state index < -0.39 is 0 Å². The van der Waals surface area contributed by atoms with E-state index in [-0.39, 0.29) is 6.10 Å². The van der Waals surface area contributed by atoms with Gasteiger partial charge in [0.1, 0.15) is 0 Å². The van der Waals surface area contributed by atoms with Crippen molar-refractivity contribution in [1.82, 2.24) is 14.8 Å². The van der Waals surface area contributed by atoms with Gasteiger partial charge in [0.15, 0.2) is 0 Å². The lowest BCUT2D eigenvalue weighted by Crippen LogP contribution is -2.15. The van der Waals surface area contributed by atoms with E-state index in [0.29, 0.717) is 6.42 Å².